The van der Waals surface area contributed by atoms with Gasteiger partial charge in [-0.1, -0.05) is 139 Å². The molecule has 0 saturated heterocycles. The van der Waals surface area contributed by atoms with E-state index in [0.29, 0.717) is 0 Å². The molecule has 128 valence electrons. The monoisotopic (exact) mass is 528 g/mol. The van der Waals surface area contributed by atoms with Crippen molar-refractivity contribution >= 4 is 139 Å². The molecule has 0 aliphatic carbocycles. The maximum atomic E-state index is 5.06. The predicted octanol–water partition coefficient (Wildman–Crippen LogP) is 9.51. The van der Waals surface area contributed by atoms with Gasteiger partial charge in [-0.15, -0.1) is 0 Å². The second-order valence-corrected chi connectivity index (χ2v) is 14.5. The van der Waals surface area contributed by atoms with Gasteiger partial charge in [0.25, 0.3) is 0 Å². The average molecular weight is 534 g/mol. The minimum Gasteiger partial charge on any atom is -0.0840 e. The molecule has 0 saturated carbocycles. The van der Waals surface area contributed by atoms with Crippen molar-refractivity contribution in [1.29, 1.82) is 0 Å². The molecule has 0 atom stereocenters. The summed E-state index contributed by atoms with van der Waals surface area (Å²) in [6.07, 6.45) is 0. The lowest BCUT2D eigenvalue weighted by molar-refractivity contribution is 1.27. The van der Waals surface area contributed by atoms with E-state index in [2.05, 4.69) is 0 Å². The van der Waals surface area contributed by atoms with Crippen molar-refractivity contribution in [2.45, 2.75) is 42.9 Å². The van der Waals surface area contributed by atoms with Crippen LogP contribution in [0.4, 0.5) is 0 Å². The SMILES string of the molecule is CC(Cl)(Cl)Cl.CC(Cl)(Cl)Cl.CC(Cl)(Cl)Cl.CC(Cl)(Cl)Cl. The molecule has 20 heavy (non-hydrogen) atoms. The van der Waals surface area contributed by atoms with Crippen LogP contribution in [0, 0.1) is 0 Å². The van der Waals surface area contributed by atoms with Crippen LogP contribution in [0.3, 0.4) is 0 Å². The Balaban J connectivity index is -0.0000000853. The molecule has 12 heteroatoms. The second kappa shape index (κ2) is 13.7. The number of hydrogen-bond acceptors (Lipinski definition) is 0. The van der Waals surface area contributed by atoms with E-state index in [0.717, 1.165) is 0 Å². The first-order valence-corrected chi connectivity index (χ1v) is 8.80. The summed E-state index contributed by atoms with van der Waals surface area (Å²) in [5.74, 6) is 0. The van der Waals surface area contributed by atoms with E-state index in [1.54, 1.807) is 0 Å². The number of alkyl halides is 12. The van der Waals surface area contributed by atoms with Crippen LogP contribution in [0.2, 0.25) is 0 Å². The third kappa shape index (κ3) is 744. The lowest BCUT2D eigenvalue weighted by atomic mass is 10.9. The summed E-state index contributed by atoms with van der Waals surface area (Å²) in [7, 11) is 0. The third-order valence-corrected chi connectivity index (χ3v) is 0. The Hall–Kier alpha value is 3.48. The predicted molar refractivity (Wildman–Crippen MR) is 104 cm³/mol. The molecule has 0 aromatic rings. The van der Waals surface area contributed by atoms with E-state index < -0.39 is 15.2 Å². The molecule has 0 aliphatic heterocycles. The molecule has 0 unspecified atom stereocenters. The molecule has 0 rings (SSSR count). The molecule has 0 aromatic heterocycles. The lowest BCUT2D eigenvalue weighted by Gasteiger charge is -1.94. The van der Waals surface area contributed by atoms with Crippen molar-refractivity contribution in [3.8, 4) is 0 Å². The van der Waals surface area contributed by atoms with Crippen LogP contribution in [0.1, 0.15) is 27.7 Å². The number of halogens is 12. The molecule has 0 fully saturated rings. The highest BCUT2D eigenvalue weighted by Crippen LogP contribution is 2.24. The van der Waals surface area contributed by atoms with Gasteiger partial charge in [0.2, 0.25) is 0 Å². The van der Waals surface area contributed by atoms with E-state index in [-0.39, 0.29) is 0 Å². The highest BCUT2D eigenvalue weighted by Gasteiger charge is 2.08. The van der Waals surface area contributed by atoms with Gasteiger partial charge < -0.3 is 0 Å². The second-order valence-electron chi connectivity index (χ2n) is 3.12. The molecule has 0 amide bonds. The molecule has 0 nitrogen and oxygen atoms in total. The number of rotatable bonds is 0. The molecular formula is C8H12Cl12. The minimum atomic E-state index is -1.08. The van der Waals surface area contributed by atoms with E-state index >= 15 is 0 Å². The Morgan fingerprint density at radius 1 is 0.300 bits per heavy atom. The minimum absolute atomic E-state index is 1.08. The van der Waals surface area contributed by atoms with Gasteiger partial charge in [-0.2, -0.15) is 0 Å². The topological polar surface area (TPSA) is 0 Å². The summed E-state index contributed by atoms with van der Waals surface area (Å²) < 4.78 is -4.33. The van der Waals surface area contributed by atoms with Crippen LogP contribution in [0.15, 0.2) is 0 Å². The molecule has 0 N–H and O–H groups in total. The molecule has 0 radical (unpaired) electrons. The lowest BCUT2D eigenvalue weighted by Crippen LogP contribution is -1.87. The molecule has 0 heterocycles. The Bertz CT molecular complexity index is 129. The van der Waals surface area contributed by atoms with Gasteiger partial charge in [-0.05, 0) is 27.7 Å². The molecule has 0 spiro atoms. The summed E-state index contributed by atoms with van der Waals surface area (Å²) in [6, 6.07) is 0. The highest BCUT2D eigenvalue weighted by molar-refractivity contribution is 6.68. The first-order valence-electron chi connectivity index (χ1n) is 4.27. The molecule has 0 aliphatic rings. The normalized spacial score (nSPS) is 12.0. The maximum Gasteiger partial charge on any atom is 0.187 e. The average Bonchev–Trinajstić information content (AvgIpc) is 1.62. The molecular weight excluding hydrogens is 522 g/mol. The summed E-state index contributed by atoms with van der Waals surface area (Å²) >= 11 is 60.7. The summed E-state index contributed by atoms with van der Waals surface area (Å²) in [5.41, 5.74) is 0. The number of hydrogen-bond donors (Lipinski definition) is 0. The van der Waals surface area contributed by atoms with Crippen LogP contribution in [-0.4, -0.2) is 15.2 Å². The van der Waals surface area contributed by atoms with E-state index in [1.807, 2.05) is 0 Å². The summed E-state index contributed by atoms with van der Waals surface area (Å²) in [5, 5.41) is 0. The quantitative estimate of drug-likeness (QED) is 0.272. The van der Waals surface area contributed by atoms with Gasteiger partial charge >= 0.3 is 0 Å². The van der Waals surface area contributed by atoms with E-state index in [1.165, 1.54) is 27.7 Å². The summed E-state index contributed by atoms with van der Waals surface area (Å²) in [6.45, 7) is 5.94. The highest BCUT2D eigenvalue weighted by atomic mass is 35.6. The first-order chi connectivity index (χ1) is 8.00. The summed E-state index contributed by atoms with van der Waals surface area (Å²) in [4.78, 5) is 0. The van der Waals surface area contributed by atoms with Crippen molar-refractivity contribution in [3.05, 3.63) is 0 Å². The Kier molecular flexibility index (Phi) is 21.5. The fourth-order valence-corrected chi connectivity index (χ4v) is 0. The molecule has 0 aromatic carbocycles. The van der Waals surface area contributed by atoms with Crippen LogP contribution in [0.25, 0.3) is 0 Å². The molecule has 0 bridgehead atoms. The van der Waals surface area contributed by atoms with Crippen molar-refractivity contribution in [3.63, 3.8) is 0 Å². The van der Waals surface area contributed by atoms with Gasteiger partial charge in [0, 0.05) is 0 Å². The van der Waals surface area contributed by atoms with Crippen molar-refractivity contribution in [2.75, 3.05) is 0 Å². The van der Waals surface area contributed by atoms with Gasteiger partial charge in [0.1, 0.15) is 0 Å². The maximum absolute atomic E-state index is 5.06. The van der Waals surface area contributed by atoms with Gasteiger partial charge in [-0.25, -0.2) is 0 Å². The Morgan fingerprint density at radius 2 is 0.300 bits per heavy atom. The van der Waals surface area contributed by atoms with Crippen molar-refractivity contribution < 1.29 is 0 Å². The van der Waals surface area contributed by atoms with Crippen LogP contribution >= 0.6 is 139 Å². The zero-order valence-corrected chi connectivity index (χ0v) is 19.6. The van der Waals surface area contributed by atoms with Gasteiger partial charge in [-0.3, -0.25) is 0 Å². The van der Waals surface area contributed by atoms with E-state index in [9.17, 15) is 0 Å². The van der Waals surface area contributed by atoms with Crippen LogP contribution < -0.4 is 0 Å². The first kappa shape index (κ1) is 31.3. The zero-order valence-electron chi connectivity index (χ0n) is 10.5. The fourth-order valence-electron chi connectivity index (χ4n) is 0. The van der Waals surface area contributed by atoms with Crippen LogP contribution in [-0.2, 0) is 0 Å². The van der Waals surface area contributed by atoms with Crippen molar-refractivity contribution in [2.24, 2.45) is 0 Å². The largest absolute Gasteiger partial charge is 0.187 e. The van der Waals surface area contributed by atoms with Gasteiger partial charge in [0.05, 0.1) is 0 Å². The van der Waals surface area contributed by atoms with Crippen LogP contribution in [0.5, 0.6) is 0 Å². The third-order valence-electron chi connectivity index (χ3n) is 0. The zero-order chi connectivity index (χ0) is 18.0. The fraction of sp³-hybridized carbons (Fsp3) is 1.00. The van der Waals surface area contributed by atoms with Gasteiger partial charge in [0.15, 0.2) is 15.2 Å². The Morgan fingerprint density at radius 3 is 0.300 bits per heavy atom. The Labute approximate surface area is 180 Å². The van der Waals surface area contributed by atoms with E-state index in [4.69, 9.17) is 139 Å². The smallest absolute Gasteiger partial charge is 0.0840 e. The van der Waals surface area contributed by atoms with Crippen molar-refractivity contribution in [1.82, 2.24) is 0 Å². The standard InChI is InChI=1S/4C2H3Cl3/c4*1-2(3,4)5/h4*1H3.